The molecule has 0 spiro atoms. The molecule has 0 radical (unpaired) electrons. The third-order valence-electron chi connectivity index (χ3n) is 7.35. The first-order valence-corrected chi connectivity index (χ1v) is 11.6. The molecule has 8 nitrogen and oxygen atoms in total. The number of nitrogens with zero attached hydrogens (tertiary/aromatic N) is 5. The molecule has 2 N–H and O–H groups in total. The molecule has 2 aromatic rings. The molecule has 3 aliphatic heterocycles. The van der Waals surface area contributed by atoms with Crippen LogP contribution >= 0.6 is 0 Å². The summed E-state index contributed by atoms with van der Waals surface area (Å²) in [5.74, 6) is -1.49. The average Bonchev–Trinajstić information content (AvgIpc) is 3.33. The number of aryl methyl sites for hydroxylation is 1. The molecule has 180 valence electrons. The minimum absolute atomic E-state index is 0.0334. The molecule has 0 amide bonds. The lowest BCUT2D eigenvalue weighted by Gasteiger charge is -2.39. The van der Waals surface area contributed by atoms with Gasteiger partial charge in [-0.25, -0.2) is 28.1 Å². The van der Waals surface area contributed by atoms with Crippen molar-refractivity contribution in [2.75, 3.05) is 31.1 Å². The van der Waals surface area contributed by atoms with Crippen LogP contribution in [0.5, 0.6) is 0 Å². The monoisotopic (exact) mass is 473 g/mol. The van der Waals surface area contributed by atoms with Gasteiger partial charge < -0.3 is 15.0 Å². The number of ether oxygens (including phenoxy) is 1. The Hall–Kier alpha value is -2.92. The van der Waals surface area contributed by atoms with Crippen molar-refractivity contribution in [2.24, 2.45) is 16.8 Å². The van der Waals surface area contributed by atoms with Gasteiger partial charge in [-0.05, 0) is 37.7 Å². The maximum absolute atomic E-state index is 14.5. The van der Waals surface area contributed by atoms with Crippen molar-refractivity contribution < 1.29 is 17.9 Å². The van der Waals surface area contributed by atoms with E-state index in [-0.39, 0.29) is 11.6 Å². The Morgan fingerprint density at radius 1 is 1.09 bits per heavy atom. The van der Waals surface area contributed by atoms with Crippen LogP contribution in [-0.4, -0.2) is 59.4 Å². The summed E-state index contributed by atoms with van der Waals surface area (Å²) < 4.78 is 47.5. The summed E-state index contributed by atoms with van der Waals surface area (Å²) in [7, 11) is 0. The van der Waals surface area contributed by atoms with E-state index in [4.69, 9.17) is 9.73 Å². The quantitative estimate of drug-likeness (QED) is 0.663. The molecule has 2 bridgehead atoms. The zero-order valence-electron chi connectivity index (χ0n) is 18.7. The van der Waals surface area contributed by atoms with Crippen LogP contribution < -0.4 is 15.6 Å². The van der Waals surface area contributed by atoms with Gasteiger partial charge in [0.1, 0.15) is 18.2 Å². The van der Waals surface area contributed by atoms with E-state index in [0.717, 1.165) is 43.5 Å². The van der Waals surface area contributed by atoms with Crippen LogP contribution in [-0.2, 0) is 4.74 Å². The number of benzene rings is 1. The van der Waals surface area contributed by atoms with Crippen molar-refractivity contribution in [3.8, 4) is 0 Å². The molecule has 1 aromatic carbocycles. The van der Waals surface area contributed by atoms with Gasteiger partial charge in [0.15, 0.2) is 23.6 Å². The van der Waals surface area contributed by atoms with Crippen LogP contribution in [0.1, 0.15) is 30.2 Å². The van der Waals surface area contributed by atoms with E-state index in [1.165, 1.54) is 6.07 Å². The summed E-state index contributed by atoms with van der Waals surface area (Å²) in [6.45, 7) is 4.63. The summed E-state index contributed by atoms with van der Waals surface area (Å²) in [5, 5.41) is 5.44. The number of fused-ring (bicyclic) bond motifs is 3. The van der Waals surface area contributed by atoms with Crippen LogP contribution in [0.25, 0.3) is 0 Å². The molecule has 4 aliphatic rings. The van der Waals surface area contributed by atoms with Gasteiger partial charge in [-0.2, -0.15) is 5.01 Å². The number of morpholine rings is 1. The standard InChI is InChI=1S/C23H26F3N7O/c1-12-8-17(28-11-27-12)32-9-13-2-3-14(10-32)20(13)29-23-30-22-21(34-7-6-33(22)31-23)15-4-5-16(24)19(26)18(15)25/h4-5,8,11,13-14,20-22H,2-3,6-7,9-10H2,1H3,(H2,29,30,31)/t13-,14+,20?,21-,22?/m1/s1. The lowest BCUT2D eigenvalue weighted by atomic mass is 9.92. The van der Waals surface area contributed by atoms with E-state index in [1.807, 2.05) is 18.0 Å². The van der Waals surface area contributed by atoms with Crippen molar-refractivity contribution in [1.82, 2.24) is 25.7 Å². The number of nitrogens with one attached hydrogen (secondary N) is 2. The largest absolute Gasteiger partial charge is 0.368 e. The first-order chi connectivity index (χ1) is 16.5. The van der Waals surface area contributed by atoms with Crippen molar-refractivity contribution in [3.05, 3.63) is 53.2 Å². The fraction of sp³-hybridized carbons (Fsp3) is 0.522. The highest BCUT2D eigenvalue weighted by Gasteiger charge is 2.45. The summed E-state index contributed by atoms with van der Waals surface area (Å²) in [6.07, 6.45) is 2.44. The van der Waals surface area contributed by atoms with Crippen LogP contribution in [0, 0.1) is 36.2 Å². The Morgan fingerprint density at radius 3 is 2.65 bits per heavy atom. The maximum Gasteiger partial charge on any atom is 0.208 e. The molecule has 2 unspecified atom stereocenters. The third-order valence-corrected chi connectivity index (χ3v) is 7.35. The summed E-state index contributed by atoms with van der Waals surface area (Å²) >= 11 is 0. The first-order valence-electron chi connectivity index (χ1n) is 11.6. The van der Waals surface area contributed by atoms with Gasteiger partial charge in [0, 0.05) is 43.0 Å². The van der Waals surface area contributed by atoms with Crippen molar-refractivity contribution in [2.45, 2.75) is 38.1 Å². The Kier molecular flexibility index (Phi) is 5.33. The summed E-state index contributed by atoms with van der Waals surface area (Å²) in [4.78, 5) is 15.7. The number of anilines is 1. The smallest absolute Gasteiger partial charge is 0.208 e. The summed E-state index contributed by atoms with van der Waals surface area (Å²) in [6, 6.07) is 4.43. The fourth-order valence-corrected chi connectivity index (χ4v) is 5.71. The van der Waals surface area contributed by atoms with Gasteiger partial charge in [0.2, 0.25) is 5.96 Å². The van der Waals surface area contributed by atoms with E-state index in [9.17, 15) is 13.2 Å². The first kappa shape index (κ1) is 21.6. The van der Waals surface area contributed by atoms with Crippen LogP contribution in [0.3, 0.4) is 0 Å². The SMILES string of the molecule is Cc1cc(N2C[C@H]3CC[C@@H](C2)C3NC2=NC3[C@@H](c4ccc(F)c(F)c4F)OCCN3N2)ncn1. The minimum Gasteiger partial charge on any atom is -0.368 e. The minimum atomic E-state index is -1.49. The normalized spacial score (nSPS) is 30.6. The highest BCUT2D eigenvalue weighted by Crippen LogP contribution is 2.39. The number of hydrogen-bond acceptors (Lipinski definition) is 8. The number of halogens is 3. The topological polar surface area (TPSA) is 77.9 Å². The zero-order chi connectivity index (χ0) is 23.4. The molecular weight excluding hydrogens is 447 g/mol. The van der Waals surface area contributed by atoms with Gasteiger partial charge in [-0.3, -0.25) is 5.43 Å². The Morgan fingerprint density at radius 2 is 1.88 bits per heavy atom. The molecule has 1 saturated carbocycles. The molecule has 4 heterocycles. The van der Waals surface area contributed by atoms with E-state index < -0.39 is 29.7 Å². The zero-order valence-corrected chi connectivity index (χ0v) is 18.7. The molecule has 1 aliphatic carbocycles. The second-order valence-corrected chi connectivity index (χ2v) is 9.44. The molecule has 3 fully saturated rings. The van der Waals surface area contributed by atoms with E-state index in [0.29, 0.717) is 30.9 Å². The third kappa shape index (κ3) is 3.67. The van der Waals surface area contributed by atoms with Crippen molar-refractivity contribution in [1.29, 1.82) is 0 Å². The second kappa shape index (κ2) is 8.38. The number of hydrogen-bond donors (Lipinski definition) is 2. The number of piperidine rings is 1. The van der Waals surface area contributed by atoms with Crippen molar-refractivity contribution >= 4 is 11.8 Å². The van der Waals surface area contributed by atoms with Gasteiger partial charge in [0.05, 0.1) is 6.61 Å². The fourth-order valence-electron chi connectivity index (χ4n) is 5.71. The molecule has 2 saturated heterocycles. The maximum atomic E-state index is 14.5. The van der Waals surface area contributed by atoms with E-state index in [1.54, 1.807) is 6.33 Å². The number of rotatable bonds is 3. The van der Waals surface area contributed by atoms with Crippen LogP contribution in [0.2, 0.25) is 0 Å². The van der Waals surface area contributed by atoms with Gasteiger partial charge in [-0.1, -0.05) is 6.07 Å². The van der Waals surface area contributed by atoms with Gasteiger partial charge in [-0.15, -0.1) is 0 Å². The number of aliphatic imine (C=N–C) groups is 1. The van der Waals surface area contributed by atoms with E-state index >= 15 is 0 Å². The molecule has 11 heteroatoms. The van der Waals surface area contributed by atoms with Crippen molar-refractivity contribution in [3.63, 3.8) is 0 Å². The lowest BCUT2D eigenvalue weighted by Crippen LogP contribution is -2.56. The Bertz CT molecular complexity index is 1120. The van der Waals surface area contributed by atoms with Gasteiger partial charge >= 0.3 is 0 Å². The van der Waals surface area contributed by atoms with Gasteiger partial charge in [0.25, 0.3) is 0 Å². The number of hydrazine groups is 1. The summed E-state index contributed by atoms with van der Waals surface area (Å²) in [5.41, 5.74) is 4.19. The van der Waals surface area contributed by atoms with Crippen LogP contribution in [0.15, 0.2) is 29.5 Å². The molecule has 6 rings (SSSR count). The average molecular weight is 474 g/mol. The Labute approximate surface area is 195 Å². The molecule has 34 heavy (non-hydrogen) atoms. The predicted molar refractivity (Wildman–Crippen MR) is 118 cm³/mol. The molecule has 5 atom stereocenters. The second-order valence-electron chi connectivity index (χ2n) is 9.44. The molecular formula is C23H26F3N7O. The Balaban J connectivity index is 1.18. The number of guanidine groups is 1. The lowest BCUT2D eigenvalue weighted by molar-refractivity contribution is -0.0749. The van der Waals surface area contributed by atoms with E-state index in [2.05, 4.69) is 25.6 Å². The van der Waals surface area contributed by atoms with Crippen LogP contribution in [0.4, 0.5) is 19.0 Å². The highest BCUT2D eigenvalue weighted by atomic mass is 19.2. The highest BCUT2D eigenvalue weighted by molar-refractivity contribution is 5.81. The number of aromatic nitrogens is 2. The molecule has 1 aromatic heterocycles. The predicted octanol–water partition coefficient (Wildman–Crippen LogP) is 2.28.